The Hall–Kier alpha value is -1.68. The molecular formula is C19H31IN6O. The minimum absolute atomic E-state index is 0. The van der Waals surface area contributed by atoms with Gasteiger partial charge in [0.15, 0.2) is 5.96 Å². The van der Waals surface area contributed by atoms with E-state index in [2.05, 4.69) is 63.5 Å². The zero-order valence-corrected chi connectivity index (χ0v) is 18.8. The standard InChI is InChI=1S/C19H30N6O.HI/c1-4-18-24-23-15-25(18)12-11-21-19(20-10-7-13-26-3)22-14-17-9-6-5-8-16(17)2;/h5-6,8-9,15H,4,7,10-14H2,1-3H3,(H2,20,21,22);1H. The number of ether oxygens (including phenoxy) is 1. The number of aromatic nitrogens is 3. The topological polar surface area (TPSA) is 76.4 Å². The van der Waals surface area contributed by atoms with Gasteiger partial charge in [-0.3, -0.25) is 0 Å². The highest BCUT2D eigenvalue weighted by Crippen LogP contribution is 2.07. The molecule has 1 heterocycles. The molecule has 150 valence electrons. The Kier molecular flexibility index (Phi) is 11.7. The lowest BCUT2D eigenvalue weighted by atomic mass is 10.1. The van der Waals surface area contributed by atoms with Crippen LogP contribution in [-0.2, 0) is 24.2 Å². The molecule has 2 N–H and O–H groups in total. The largest absolute Gasteiger partial charge is 0.385 e. The maximum Gasteiger partial charge on any atom is 0.191 e. The van der Waals surface area contributed by atoms with Crippen LogP contribution >= 0.6 is 24.0 Å². The van der Waals surface area contributed by atoms with Crippen molar-refractivity contribution in [3.05, 3.63) is 47.5 Å². The minimum Gasteiger partial charge on any atom is -0.385 e. The number of guanidine groups is 1. The zero-order chi connectivity index (χ0) is 18.6. The lowest BCUT2D eigenvalue weighted by molar-refractivity contribution is 0.195. The Bertz CT molecular complexity index is 688. The van der Waals surface area contributed by atoms with Crippen LogP contribution < -0.4 is 10.6 Å². The van der Waals surface area contributed by atoms with Crippen LogP contribution in [0.5, 0.6) is 0 Å². The molecule has 27 heavy (non-hydrogen) atoms. The molecule has 8 heteroatoms. The summed E-state index contributed by atoms with van der Waals surface area (Å²) < 4.78 is 7.17. The van der Waals surface area contributed by atoms with Crippen LogP contribution in [0.2, 0.25) is 0 Å². The third kappa shape index (κ3) is 8.25. The number of hydrogen-bond acceptors (Lipinski definition) is 4. The quantitative estimate of drug-likeness (QED) is 0.234. The van der Waals surface area contributed by atoms with E-state index in [-0.39, 0.29) is 24.0 Å². The third-order valence-corrected chi connectivity index (χ3v) is 4.14. The van der Waals surface area contributed by atoms with E-state index in [0.717, 1.165) is 50.9 Å². The van der Waals surface area contributed by atoms with Gasteiger partial charge in [0.25, 0.3) is 0 Å². The Morgan fingerprint density at radius 3 is 2.74 bits per heavy atom. The van der Waals surface area contributed by atoms with E-state index in [9.17, 15) is 0 Å². The predicted molar refractivity (Wildman–Crippen MR) is 120 cm³/mol. The third-order valence-electron chi connectivity index (χ3n) is 4.14. The second-order valence-corrected chi connectivity index (χ2v) is 6.09. The first-order valence-electron chi connectivity index (χ1n) is 9.17. The molecule has 0 spiro atoms. The normalized spacial score (nSPS) is 11.1. The molecule has 0 saturated heterocycles. The number of halogens is 1. The lowest BCUT2D eigenvalue weighted by Gasteiger charge is -2.14. The summed E-state index contributed by atoms with van der Waals surface area (Å²) in [6, 6.07) is 8.33. The van der Waals surface area contributed by atoms with E-state index in [1.54, 1.807) is 13.4 Å². The molecule has 0 bridgehead atoms. The summed E-state index contributed by atoms with van der Waals surface area (Å²) >= 11 is 0. The van der Waals surface area contributed by atoms with Gasteiger partial charge in [-0.05, 0) is 24.5 Å². The van der Waals surface area contributed by atoms with Crippen molar-refractivity contribution in [2.24, 2.45) is 4.99 Å². The van der Waals surface area contributed by atoms with Crippen molar-refractivity contribution in [1.82, 2.24) is 25.4 Å². The molecule has 0 aliphatic rings. The molecule has 1 aromatic heterocycles. The number of benzene rings is 1. The second-order valence-electron chi connectivity index (χ2n) is 6.09. The van der Waals surface area contributed by atoms with Crippen LogP contribution in [0.25, 0.3) is 0 Å². The molecule has 0 unspecified atom stereocenters. The van der Waals surface area contributed by atoms with Crippen LogP contribution in [-0.4, -0.2) is 47.5 Å². The van der Waals surface area contributed by atoms with E-state index in [1.165, 1.54) is 11.1 Å². The Morgan fingerprint density at radius 1 is 1.22 bits per heavy atom. The highest BCUT2D eigenvalue weighted by molar-refractivity contribution is 14.0. The molecule has 0 fully saturated rings. The van der Waals surface area contributed by atoms with Crippen LogP contribution in [0.4, 0.5) is 0 Å². The molecule has 0 radical (unpaired) electrons. The van der Waals surface area contributed by atoms with Gasteiger partial charge in [0, 0.05) is 39.8 Å². The van der Waals surface area contributed by atoms with Crippen LogP contribution in [0.1, 0.15) is 30.3 Å². The van der Waals surface area contributed by atoms with Crippen LogP contribution in [0.3, 0.4) is 0 Å². The maximum atomic E-state index is 5.11. The Balaban J connectivity index is 0.00000364. The van der Waals surface area contributed by atoms with E-state index < -0.39 is 0 Å². The van der Waals surface area contributed by atoms with Gasteiger partial charge in [-0.15, -0.1) is 34.2 Å². The number of rotatable bonds is 10. The summed E-state index contributed by atoms with van der Waals surface area (Å²) in [5.41, 5.74) is 2.49. The molecule has 0 saturated carbocycles. The summed E-state index contributed by atoms with van der Waals surface area (Å²) in [5, 5.41) is 14.9. The van der Waals surface area contributed by atoms with Crippen molar-refractivity contribution >= 4 is 29.9 Å². The van der Waals surface area contributed by atoms with Gasteiger partial charge in [-0.1, -0.05) is 31.2 Å². The summed E-state index contributed by atoms with van der Waals surface area (Å²) in [7, 11) is 1.72. The van der Waals surface area contributed by atoms with Crippen LogP contribution in [0.15, 0.2) is 35.6 Å². The van der Waals surface area contributed by atoms with Crippen LogP contribution in [0, 0.1) is 6.92 Å². The summed E-state index contributed by atoms with van der Waals surface area (Å²) in [4.78, 5) is 4.73. The van der Waals surface area contributed by atoms with Crippen molar-refractivity contribution in [3.8, 4) is 0 Å². The predicted octanol–water partition coefficient (Wildman–Crippen LogP) is 2.54. The van der Waals surface area contributed by atoms with E-state index in [4.69, 9.17) is 9.73 Å². The molecule has 0 aliphatic heterocycles. The fourth-order valence-electron chi connectivity index (χ4n) is 2.58. The van der Waals surface area contributed by atoms with Crippen molar-refractivity contribution < 1.29 is 4.74 Å². The molecule has 2 rings (SSSR count). The summed E-state index contributed by atoms with van der Waals surface area (Å²) in [6.07, 6.45) is 3.59. The average Bonchev–Trinajstić information content (AvgIpc) is 3.11. The number of aryl methyl sites for hydroxylation is 2. The van der Waals surface area contributed by atoms with Gasteiger partial charge in [0.2, 0.25) is 0 Å². The average molecular weight is 486 g/mol. The monoisotopic (exact) mass is 486 g/mol. The first-order valence-corrected chi connectivity index (χ1v) is 9.17. The highest BCUT2D eigenvalue weighted by Gasteiger charge is 2.03. The molecule has 0 amide bonds. The van der Waals surface area contributed by atoms with Gasteiger partial charge in [-0.25, -0.2) is 4.99 Å². The van der Waals surface area contributed by atoms with Crippen molar-refractivity contribution in [2.75, 3.05) is 26.8 Å². The number of methoxy groups -OCH3 is 1. The van der Waals surface area contributed by atoms with Crippen molar-refractivity contribution in [2.45, 2.75) is 39.8 Å². The fraction of sp³-hybridized carbons (Fsp3) is 0.526. The summed E-state index contributed by atoms with van der Waals surface area (Å²) in [6.45, 7) is 7.97. The minimum atomic E-state index is 0. The Labute approximate surface area is 179 Å². The van der Waals surface area contributed by atoms with Crippen molar-refractivity contribution in [1.29, 1.82) is 0 Å². The molecule has 2 aromatic rings. The Morgan fingerprint density at radius 2 is 2.00 bits per heavy atom. The van der Waals surface area contributed by atoms with Gasteiger partial charge in [0.05, 0.1) is 6.54 Å². The van der Waals surface area contributed by atoms with Gasteiger partial charge in [-0.2, -0.15) is 0 Å². The molecular weight excluding hydrogens is 455 g/mol. The zero-order valence-electron chi connectivity index (χ0n) is 16.4. The maximum absolute atomic E-state index is 5.11. The summed E-state index contributed by atoms with van der Waals surface area (Å²) in [5.74, 6) is 1.81. The molecule has 7 nitrogen and oxygen atoms in total. The lowest BCUT2D eigenvalue weighted by Crippen LogP contribution is -2.39. The van der Waals surface area contributed by atoms with Gasteiger partial charge in [0.1, 0.15) is 12.2 Å². The first-order chi connectivity index (χ1) is 12.7. The van der Waals surface area contributed by atoms with E-state index in [0.29, 0.717) is 6.54 Å². The number of aliphatic imine (C=N–C) groups is 1. The van der Waals surface area contributed by atoms with E-state index in [1.807, 2.05) is 0 Å². The number of nitrogens with one attached hydrogen (secondary N) is 2. The molecule has 1 aromatic carbocycles. The first kappa shape index (κ1) is 23.4. The van der Waals surface area contributed by atoms with Gasteiger partial charge < -0.3 is 19.9 Å². The van der Waals surface area contributed by atoms with Crippen molar-refractivity contribution in [3.63, 3.8) is 0 Å². The number of nitrogens with zero attached hydrogens (tertiary/aromatic N) is 4. The molecule has 0 atom stereocenters. The second kappa shape index (κ2) is 13.5. The smallest absolute Gasteiger partial charge is 0.191 e. The fourth-order valence-corrected chi connectivity index (χ4v) is 2.58. The highest BCUT2D eigenvalue weighted by atomic mass is 127. The van der Waals surface area contributed by atoms with Gasteiger partial charge >= 0.3 is 0 Å². The molecule has 0 aliphatic carbocycles. The SMILES string of the molecule is CCc1nncn1CCNC(=NCc1ccccc1C)NCCCOC.I. The van der Waals surface area contributed by atoms with E-state index >= 15 is 0 Å². The number of hydrogen-bond donors (Lipinski definition) is 2.